The number of hydrogen-bond donors (Lipinski definition) is 1. The molecule has 0 aliphatic heterocycles. The number of thiophene rings is 1. The monoisotopic (exact) mass is 469 g/mol. The maximum atomic E-state index is 13.1. The number of benzene rings is 2. The Morgan fingerprint density at radius 3 is 2.77 bits per heavy atom. The van der Waals surface area contributed by atoms with E-state index in [0.717, 1.165) is 5.56 Å². The molecule has 1 amide bonds. The van der Waals surface area contributed by atoms with Crippen LogP contribution in [-0.4, -0.2) is 21.2 Å². The van der Waals surface area contributed by atoms with Gasteiger partial charge in [-0.3, -0.25) is 14.2 Å². The number of nitrogens with one attached hydrogen (secondary N) is 1. The molecule has 5 nitrogen and oxygen atoms in total. The third kappa shape index (κ3) is 5.01. The van der Waals surface area contributed by atoms with E-state index in [9.17, 15) is 9.59 Å². The lowest BCUT2D eigenvalue weighted by atomic mass is 10.1. The summed E-state index contributed by atoms with van der Waals surface area (Å²) in [5, 5.41) is 5.76. The highest BCUT2D eigenvalue weighted by molar-refractivity contribution is 7.99. The fourth-order valence-electron chi connectivity index (χ4n) is 3.15. The first-order valence-electron chi connectivity index (χ1n) is 9.63. The number of thioether (sulfide) groups is 1. The summed E-state index contributed by atoms with van der Waals surface area (Å²) in [6.07, 6.45) is 0. The van der Waals surface area contributed by atoms with Crippen molar-refractivity contribution in [3.63, 3.8) is 0 Å². The highest BCUT2D eigenvalue weighted by Gasteiger charge is 2.15. The van der Waals surface area contributed by atoms with E-state index < -0.39 is 0 Å². The normalized spacial score (nSPS) is 11.1. The first kappa shape index (κ1) is 21.6. The number of hydrogen-bond acceptors (Lipinski definition) is 5. The van der Waals surface area contributed by atoms with Crippen LogP contribution in [0.2, 0.25) is 5.02 Å². The lowest BCUT2D eigenvalue weighted by Gasteiger charge is -2.13. The second kappa shape index (κ2) is 9.26. The van der Waals surface area contributed by atoms with Crippen molar-refractivity contribution in [2.45, 2.75) is 25.5 Å². The molecule has 4 rings (SSSR count). The van der Waals surface area contributed by atoms with E-state index in [1.807, 2.05) is 17.5 Å². The number of nitrogens with zero attached hydrogens (tertiary/aromatic N) is 2. The van der Waals surface area contributed by atoms with Crippen LogP contribution in [0.25, 0.3) is 10.2 Å². The summed E-state index contributed by atoms with van der Waals surface area (Å²) in [7, 11) is 0. The molecule has 2 heterocycles. The predicted octanol–water partition coefficient (Wildman–Crippen LogP) is 5.51. The SMILES string of the molecule is Cc1ccc(Cn2c(SCC(=O)Nc3cccc(Cl)c3)nc3ccsc3c2=O)cc1C. The summed E-state index contributed by atoms with van der Waals surface area (Å²) >= 11 is 8.61. The number of aryl methyl sites for hydroxylation is 2. The average Bonchev–Trinajstić information content (AvgIpc) is 3.20. The molecule has 0 spiro atoms. The topological polar surface area (TPSA) is 64.0 Å². The summed E-state index contributed by atoms with van der Waals surface area (Å²) in [5.41, 5.74) is 4.60. The van der Waals surface area contributed by atoms with Crippen LogP contribution in [0.15, 0.2) is 63.9 Å². The third-order valence-corrected chi connectivity index (χ3v) is 6.99. The zero-order chi connectivity index (χ0) is 22.0. The minimum atomic E-state index is -0.190. The Morgan fingerprint density at radius 1 is 1.16 bits per heavy atom. The number of fused-ring (bicyclic) bond motifs is 1. The average molecular weight is 470 g/mol. The summed E-state index contributed by atoms with van der Waals surface area (Å²) in [5.74, 6) is -0.0636. The second-order valence-corrected chi connectivity index (χ2v) is 9.48. The number of rotatable bonds is 6. The number of carbonyl (C=O) groups excluding carboxylic acids is 1. The van der Waals surface area contributed by atoms with Gasteiger partial charge in [-0.25, -0.2) is 4.98 Å². The van der Waals surface area contributed by atoms with Gasteiger partial charge in [-0.15, -0.1) is 11.3 Å². The molecule has 0 fully saturated rings. The van der Waals surface area contributed by atoms with Crippen molar-refractivity contribution in [1.29, 1.82) is 0 Å². The lowest BCUT2D eigenvalue weighted by Crippen LogP contribution is -2.24. The molecule has 0 saturated heterocycles. The van der Waals surface area contributed by atoms with E-state index in [0.29, 0.717) is 32.6 Å². The minimum absolute atomic E-state index is 0.0871. The molecule has 2 aromatic carbocycles. The summed E-state index contributed by atoms with van der Waals surface area (Å²) in [6, 6.07) is 15.0. The molecule has 4 aromatic rings. The van der Waals surface area contributed by atoms with E-state index >= 15 is 0 Å². The van der Waals surface area contributed by atoms with Crippen molar-refractivity contribution < 1.29 is 4.79 Å². The molecular weight excluding hydrogens is 450 g/mol. The Kier molecular flexibility index (Phi) is 6.46. The quantitative estimate of drug-likeness (QED) is 0.299. The number of halogens is 1. The second-order valence-electron chi connectivity index (χ2n) is 7.19. The number of amides is 1. The van der Waals surface area contributed by atoms with Gasteiger partial charge < -0.3 is 5.32 Å². The predicted molar refractivity (Wildman–Crippen MR) is 130 cm³/mol. The van der Waals surface area contributed by atoms with Crippen molar-refractivity contribution >= 4 is 56.5 Å². The van der Waals surface area contributed by atoms with E-state index in [-0.39, 0.29) is 17.2 Å². The molecular formula is C23H20ClN3O2S2. The van der Waals surface area contributed by atoms with Gasteiger partial charge in [0.05, 0.1) is 17.8 Å². The fraction of sp³-hybridized carbons (Fsp3) is 0.174. The fourth-order valence-corrected chi connectivity index (χ4v) is 4.92. The van der Waals surface area contributed by atoms with E-state index in [1.54, 1.807) is 28.8 Å². The van der Waals surface area contributed by atoms with Crippen LogP contribution < -0.4 is 10.9 Å². The molecule has 0 radical (unpaired) electrons. The van der Waals surface area contributed by atoms with Crippen molar-refractivity contribution in [2.75, 3.05) is 11.1 Å². The molecule has 31 heavy (non-hydrogen) atoms. The van der Waals surface area contributed by atoms with Crippen LogP contribution >= 0.6 is 34.7 Å². The minimum Gasteiger partial charge on any atom is -0.325 e. The molecule has 0 atom stereocenters. The molecule has 0 saturated carbocycles. The van der Waals surface area contributed by atoms with Gasteiger partial charge in [0.25, 0.3) is 5.56 Å². The molecule has 0 bridgehead atoms. The molecule has 0 unspecified atom stereocenters. The maximum Gasteiger partial charge on any atom is 0.272 e. The lowest BCUT2D eigenvalue weighted by molar-refractivity contribution is -0.113. The van der Waals surface area contributed by atoms with Crippen LogP contribution in [0.1, 0.15) is 16.7 Å². The highest BCUT2D eigenvalue weighted by atomic mass is 35.5. The zero-order valence-corrected chi connectivity index (χ0v) is 19.4. The van der Waals surface area contributed by atoms with Gasteiger partial charge in [-0.05, 0) is 60.2 Å². The first-order valence-corrected chi connectivity index (χ1v) is 11.9. The molecule has 158 valence electrons. The summed E-state index contributed by atoms with van der Waals surface area (Å²) in [4.78, 5) is 30.3. The largest absolute Gasteiger partial charge is 0.325 e. The van der Waals surface area contributed by atoms with Gasteiger partial charge in [0.1, 0.15) is 4.70 Å². The number of carbonyl (C=O) groups is 1. The molecule has 0 aliphatic rings. The van der Waals surface area contributed by atoms with Gasteiger partial charge in [0.2, 0.25) is 5.91 Å². The van der Waals surface area contributed by atoms with Crippen LogP contribution in [0.4, 0.5) is 5.69 Å². The van der Waals surface area contributed by atoms with Crippen molar-refractivity contribution in [3.05, 3.63) is 86.0 Å². The molecule has 8 heteroatoms. The van der Waals surface area contributed by atoms with Crippen LogP contribution in [-0.2, 0) is 11.3 Å². The third-order valence-electron chi connectivity index (χ3n) is 4.88. The van der Waals surface area contributed by atoms with Gasteiger partial charge >= 0.3 is 0 Å². The Bertz CT molecular complexity index is 1330. The zero-order valence-electron chi connectivity index (χ0n) is 17.0. The van der Waals surface area contributed by atoms with Gasteiger partial charge in [-0.1, -0.05) is 47.6 Å². The standard InChI is InChI=1S/C23H20ClN3O2S2/c1-14-6-7-16(10-15(14)2)12-27-22(29)21-19(8-9-30-21)26-23(27)31-13-20(28)25-18-5-3-4-17(24)11-18/h3-11H,12-13H2,1-2H3,(H,25,28). The van der Waals surface area contributed by atoms with E-state index in [2.05, 4.69) is 36.3 Å². The number of aromatic nitrogens is 2. The molecule has 1 N–H and O–H groups in total. The van der Waals surface area contributed by atoms with Crippen LogP contribution in [0, 0.1) is 13.8 Å². The maximum absolute atomic E-state index is 13.1. The van der Waals surface area contributed by atoms with Crippen molar-refractivity contribution in [3.8, 4) is 0 Å². The summed E-state index contributed by atoms with van der Waals surface area (Å²) < 4.78 is 2.27. The van der Waals surface area contributed by atoms with Gasteiger partial charge in [-0.2, -0.15) is 0 Å². The Hall–Kier alpha value is -2.61. The Balaban J connectivity index is 1.60. The Morgan fingerprint density at radius 2 is 2.00 bits per heavy atom. The molecule has 0 aliphatic carbocycles. The van der Waals surface area contributed by atoms with Gasteiger partial charge in [0, 0.05) is 10.7 Å². The van der Waals surface area contributed by atoms with E-state index in [4.69, 9.17) is 11.6 Å². The summed E-state index contributed by atoms with van der Waals surface area (Å²) in [6.45, 7) is 4.52. The molecule has 2 aromatic heterocycles. The Labute approximate surface area is 193 Å². The highest BCUT2D eigenvalue weighted by Crippen LogP contribution is 2.23. The van der Waals surface area contributed by atoms with Crippen molar-refractivity contribution in [2.24, 2.45) is 0 Å². The van der Waals surface area contributed by atoms with E-state index in [1.165, 1.54) is 34.2 Å². The number of anilines is 1. The van der Waals surface area contributed by atoms with Gasteiger partial charge in [0.15, 0.2) is 5.16 Å². The van der Waals surface area contributed by atoms with Crippen LogP contribution in [0.3, 0.4) is 0 Å². The van der Waals surface area contributed by atoms with Crippen LogP contribution in [0.5, 0.6) is 0 Å². The smallest absolute Gasteiger partial charge is 0.272 e. The van der Waals surface area contributed by atoms with Crippen molar-refractivity contribution in [1.82, 2.24) is 9.55 Å². The first-order chi connectivity index (χ1) is 14.9.